The first-order valence-corrected chi connectivity index (χ1v) is 12.1. The zero-order chi connectivity index (χ0) is 23.2. The quantitative estimate of drug-likeness (QED) is 0.555. The van der Waals surface area contributed by atoms with Gasteiger partial charge in [-0.15, -0.1) is 0 Å². The van der Waals surface area contributed by atoms with Crippen molar-refractivity contribution in [1.29, 1.82) is 0 Å². The van der Waals surface area contributed by atoms with Gasteiger partial charge in [0.25, 0.3) is 0 Å². The maximum Gasteiger partial charge on any atom is 0.339 e. The predicted octanol–water partition coefficient (Wildman–Crippen LogP) is 4.32. The number of sulfonamides is 1. The molecule has 0 aliphatic rings. The van der Waals surface area contributed by atoms with E-state index in [-0.39, 0.29) is 36.1 Å². The minimum atomic E-state index is -3.50. The van der Waals surface area contributed by atoms with E-state index >= 15 is 0 Å². The number of rotatable bonds is 9. The van der Waals surface area contributed by atoms with Gasteiger partial charge in [0.15, 0.2) is 0 Å². The molecule has 2 aromatic carbocycles. The Morgan fingerprint density at radius 2 is 1.74 bits per heavy atom. The second-order valence-corrected chi connectivity index (χ2v) is 9.56. The smallest absolute Gasteiger partial charge is 0.339 e. The van der Waals surface area contributed by atoms with E-state index in [9.17, 15) is 18.0 Å². The molecule has 7 nitrogen and oxygen atoms in total. The zero-order valence-electron chi connectivity index (χ0n) is 18.1. The van der Waals surface area contributed by atoms with Crippen LogP contribution in [0.3, 0.4) is 0 Å². The summed E-state index contributed by atoms with van der Waals surface area (Å²) in [7, 11) is -3.50. The van der Waals surface area contributed by atoms with E-state index in [1.165, 1.54) is 16.4 Å². The molecule has 1 amide bonds. The van der Waals surface area contributed by atoms with Crippen molar-refractivity contribution in [2.24, 2.45) is 0 Å². The lowest BCUT2D eigenvalue weighted by Crippen LogP contribution is -2.31. The molecule has 0 unspecified atom stereocenters. The highest BCUT2D eigenvalue weighted by Gasteiger charge is 2.18. The van der Waals surface area contributed by atoms with Crippen molar-refractivity contribution in [1.82, 2.24) is 0 Å². The van der Waals surface area contributed by atoms with E-state index in [1.54, 1.807) is 25.1 Å². The van der Waals surface area contributed by atoms with E-state index in [4.69, 9.17) is 16.3 Å². The van der Waals surface area contributed by atoms with Crippen LogP contribution >= 0.6 is 11.6 Å². The minimum absolute atomic E-state index is 0.105. The van der Waals surface area contributed by atoms with Crippen LogP contribution in [0.5, 0.6) is 0 Å². The number of nitrogens with zero attached hydrogens (tertiary/aromatic N) is 1. The summed E-state index contributed by atoms with van der Waals surface area (Å²) in [5.74, 6) is -0.869. The van der Waals surface area contributed by atoms with E-state index in [1.807, 2.05) is 19.9 Å². The third-order valence-corrected chi connectivity index (χ3v) is 5.93. The average molecular weight is 467 g/mol. The van der Waals surface area contributed by atoms with Crippen molar-refractivity contribution in [3.63, 3.8) is 0 Å². The van der Waals surface area contributed by atoms with Crippen LogP contribution in [0.15, 0.2) is 36.4 Å². The third kappa shape index (κ3) is 7.25. The Morgan fingerprint density at radius 3 is 2.32 bits per heavy atom. The number of anilines is 2. The normalized spacial score (nSPS) is 11.1. The van der Waals surface area contributed by atoms with Crippen LogP contribution in [0.1, 0.15) is 41.3 Å². The number of carbonyl (C=O) groups is 2. The Morgan fingerprint density at radius 1 is 1.10 bits per heavy atom. The summed E-state index contributed by atoms with van der Waals surface area (Å²) in [5.41, 5.74) is 3.08. The van der Waals surface area contributed by atoms with Crippen molar-refractivity contribution in [3.8, 4) is 0 Å². The van der Waals surface area contributed by atoms with Crippen molar-refractivity contribution < 1.29 is 22.7 Å². The fourth-order valence-corrected chi connectivity index (χ4v) is 4.30. The maximum absolute atomic E-state index is 12.4. The van der Waals surface area contributed by atoms with Crippen LogP contribution in [-0.4, -0.2) is 39.7 Å². The Labute approximate surface area is 188 Å². The van der Waals surface area contributed by atoms with Gasteiger partial charge in [0, 0.05) is 18.7 Å². The van der Waals surface area contributed by atoms with Gasteiger partial charge in [0.1, 0.15) is 0 Å². The number of hydrogen-bond acceptors (Lipinski definition) is 5. The summed E-state index contributed by atoms with van der Waals surface area (Å²) in [5, 5.41) is 2.93. The SMILES string of the molecule is CCOC(=O)c1cc(NC(=O)CCCN(c2cc(C)cc(C)c2)S(C)(=O)=O)ccc1Cl. The molecule has 31 heavy (non-hydrogen) atoms. The van der Waals surface area contributed by atoms with Gasteiger partial charge in [-0.2, -0.15) is 0 Å². The van der Waals surface area contributed by atoms with Gasteiger partial charge < -0.3 is 10.1 Å². The van der Waals surface area contributed by atoms with Gasteiger partial charge >= 0.3 is 5.97 Å². The fraction of sp³-hybridized carbons (Fsp3) is 0.364. The highest BCUT2D eigenvalue weighted by molar-refractivity contribution is 7.92. The van der Waals surface area contributed by atoms with E-state index in [0.717, 1.165) is 17.4 Å². The highest BCUT2D eigenvalue weighted by Crippen LogP contribution is 2.23. The van der Waals surface area contributed by atoms with E-state index < -0.39 is 16.0 Å². The molecule has 0 aliphatic carbocycles. The molecule has 168 valence electrons. The molecular formula is C22H27ClN2O5S. The summed E-state index contributed by atoms with van der Waals surface area (Å²) in [4.78, 5) is 24.3. The van der Waals surface area contributed by atoms with Gasteiger partial charge in [-0.3, -0.25) is 9.10 Å². The number of ether oxygens (including phenoxy) is 1. The molecule has 0 bridgehead atoms. The second kappa shape index (κ2) is 10.6. The van der Waals surface area contributed by atoms with Crippen molar-refractivity contribution >= 4 is 44.9 Å². The Hall–Kier alpha value is -2.58. The summed E-state index contributed by atoms with van der Waals surface area (Å²) in [6.07, 6.45) is 1.58. The number of hydrogen-bond donors (Lipinski definition) is 1. The summed E-state index contributed by atoms with van der Waals surface area (Å²) < 4.78 is 30.8. The molecule has 0 radical (unpaired) electrons. The summed E-state index contributed by atoms with van der Waals surface area (Å²) in [6, 6.07) is 10.1. The van der Waals surface area contributed by atoms with Crippen LogP contribution in [-0.2, 0) is 19.6 Å². The second-order valence-electron chi connectivity index (χ2n) is 7.25. The number of halogens is 1. The molecule has 0 atom stereocenters. The minimum Gasteiger partial charge on any atom is -0.462 e. The largest absolute Gasteiger partial charge is 0.462 e. The number of esters is 1. The Balaban J connectivity index is 2.03. The number of nitrogens with one attached hydrogen (secondary N) is 1. The average Bonchev–Trinajstić information content (AvgIpc) is 2.65. The molecule has 0 fully saturated rings. The first-order chi connectivity index (χ1) is 14.5. The van der Waals surface area contributed by atoms with Crippen molar-refractivity contribution in [2.45, 2.75) is 33.6 Å². The van der Waals surface area contributed by atoms with Crippen LogP contribution in [0.2, 0.25) is 5.02 Å². The van der Waals surface area contributed by atoms with Gasteiger partial charge in [0.2, 0.25) is 15.9 Å². The predicted molar refractivity (Wildman–Crippen MR) is 123 cm³/mol. The first kappa shape index (κ1) is 24.7. The molecular weight excluding hydrogens is 440 g/mol. The molecule has 0 spiro atoms. The summed E-state index contributed by atoms with van der Waals surface area (Å²) in [6.45, 7) is 5.88. The van der Waals surface area contributed by atoms with Crippen LogP contribution in [0, 0.1) is 13.8 Å². The number of amides is 1. The highest BCUT2D eigenvalue weighted by atomic mass is 35.5. The topological polar surface area (TPSA) is 92.8 Å². The molecule has 0 saturated heterocycles. The lowest BCUT2D eigenvalue weighted by atomic mass is 10.1. The van der Waals surface area contributed by atoms with Gasteiger partial charge in [-0.1, -0.05) is 17.7 Å². The molecule has 0 aromatic heterocycles. The molecule has 0 aliphatic heterocycles. The standard InChI is InChI=1S/C22H27ClN2O5S/c1-5-30-22(27)19-14-17(8-9-20(19)23)24-21(26)7-6-10-25(31(4,28)29)18-12-15(2)11-16(3)13-18/h8-9,11-14H,5-7,10H2,1-4H3,(H,24,26). The molecule has 9 heteroatoms. The number of carbonyl (C=O) groups excluding carboxylic acids is 2. The Kier molecular flexibility index (Phi) is 8.47. The summed E-state index contributed by atoms with van der Waals surface area (Å²) >= 11 is 6.03. The van der Waals surface area contributed by atoms with Crippen molar-refractivity contribution in [3.05, 3.63) is 58.1 Å². The molecule has 2 rings (SSSR count). The monoisotopic (exact) mass is 466 g/mol. The van der Waals surface area contributed by atoms with Crippen LogP contribution in [0.4, 0.5) is 11.4 Å². The maximum atomic E-state index is 12.4. The molecule has 0 saturated carbocycles. The Bertz CT molecular complexity index is 1050. The van der Waals surface area contributed by atoms with Crippen LogP contribution < -0.4 is 9.62 Å². The first-order valence-electron chi connectivity index (χ1n) is 9.83. The lowest BCUT2D eigenvalue weighted by molar-refractivity contribution is -0.116. The van der Waals surface area contributed by atoms with Gasteiger partial charge in [0.05, 0.1) is 29.1 Å². The molecule has 1 N–H and O–H groups in total. The number of aryl methyl sites for hydroxylation is 2. The third-order valence-electron chi connectivity index (χ3n) is 4.41. The van der Waals surface area contributed by atoms with E-state index in [0.29, 0.717) is 17.8 Å². The van der Waals surface area contributed by atoms with Crippen molar-refractivity contribution in [2.75, 3.05) is 29.0 Å². The fourth-order valence-electron chi connectivity index (χ4n) is 3.16. The lowest BCUT2D eigenvalue weighted by Gasteiger charge is -2.23. The molecule has 2 aromatic rings. The number of benzene rings is 2. The zero-order valence-corrected chi connectivity index (χ0v) is 19.6. The molecule has 0 heterocycles. The van der Waals surface area contributed by atoms with Gasteiger partial charge in [-0.25, -0.2) is 13.2 Å². The van der Waals surface area contributed by atoms with Gasteiger partial charge in [-0.05, 0) is 68.7 Å². The van der Waals surface area contributed by atoms with Crippen LogP contribution in [0.25, 0.3) is 0 Å². The van der Waals surface area contributed by atoms with E-state index in [2.05, 4.69) is 5.32 Å².